The Morgan fingerprint density at radius 3 is 2.67 bits per heavy atom. The minimum absolute atomic E-state index is 0.0243. The number of halogens is 3. The van der Waals surface area contributed by atoms with E-state index in [-0.39, 0.29) is 10.8 Å². The second-order valence-corrected chi connectivity index (χ2v) is 4.24. The molecule has 0 radical (unpaired) electrons. The van der Waals surface area contributed by atoms with E-state index >= 15 is 0 Å². The molecule has 3 N–H and O–H groups in total. The Hall–Kier alpha value is -1.81. The normalized spacial score (nSPS) is 10.4. The second kappa shape index (κ2) is 5.23. The van der Waals surface area contributed by atoms with Crippen LogP contribution in [0.25, 0.3) is 0 Å². The van der Waals surface area contributed by atoms with E-state index in [9.17, 15) is 8.78 Å². The molecule has 0 saturated heterocycles. The maximum Gasteiger partial charge on any atom is 0.143 e. The highest BCUT2D eigenvalue weighted by Gasteiger charge is 2.06. The standard InChI is InChI=1S/C13H11ClF2N2/c14-10-5-12(17)13(6-11(10)16)18-7-8-2-1-3-9(15)4-8/h1-6,18H,7,17H2. The summed E-state index contributed by atoms with van der Waals surface area (Å²) in [5.74, 6) is -0.864. The van der Waals surface area contributed by atoms with Crippen molar-refractivity contribution in [2.45, 2.75) is 6.54 Å². The number of nitrogen functional groups attached to an aromatic ring is 1. The maximum absolute atomic E-state index is 13.3. The van der Waals surface area contributed by atoms with Crippen LogP contribution >= 0.6 is 11.6 Å². The quantitative estimate of drug-likeness (QED) is 0.831. The van der Waals surface area contributed by atoms with E-state index in [4.69, 9.17) is 17.3 Å². The minimum Gasteiger partial charge on any atom is -0.397 e. The molecule has 5 heteroatoms. The fraction of sp³-hybridized carbons (Fsp3) is 0.0769. The van der Waals surface area contributed by atoms with Crippen molar-refractivity contribution < 1.29 is 8.78 Å². The van der Waals surface area contributed by atoms with E-state index in [2.05, 4.69) is 5.32 Å². The highest BCUT2D eigenvalue weighted by atomic mass is 35.5. The van der Waals surface area contributed by atoms with Crippen LogP contribution in [0.5, 0.6) is 0 Å². The van der Waals surface area contributed by atoms with Crippen LogP contribution in [0.1, 0.15) is 5.56 Å². The summed E-state index contributed by atoms with van der Waals surface area (Å²) < 4.78 is 26.2. The van der Waals surface area contributed by atoms with Gasteiger partial charge in [-0.15, -0.1) is 0 Å². The van der Waals surface area contributed by atoms with E-state index in [1.807, 2.05) is 0 Å². The molecule has 0 unspecified atom stereocenters. The van der Waals surface area contributed by atoms with E-state index in [1.54, 1.807) is 12.1 Å². The van der Waals surface area contributed by atoms with Crippen LogP contribution in [0, 0.1) is 11.6 Å². The van der Waals surface area contributed by atoms with Gasteiger partial charge in [0.2, 0.25) is 0 Å². The van der Waals surface area contributed by atoms with E-state index in [0.717, 1.165) is 5.56 Å². The first-order chi connectivity index (χ1) is 8.56. The van der Waals surface area contributed by atoms with Crippen molar-refractivity contribution in [2.75, 3.05) is 11.1 Å². The summed E-state index contributed by atoms with van der Waals surface area (Å²) >= 11 is 5.59. The molecule has 0 aliphatic heterocycles. The van der Waals surface area contributed by atoms with Crippen LogP contribution in [0.3, 0.4) is 0 Å². The third kappa shape index (κ3) is 2.90. The van der Waals surface area contributed by atoms with Gasteiger partial charge in [0.05, 0.1) is 16.4 Å². The van der Waals surface area contributed by atoms with Crippen LogP contribution in [0.15, 0.2) is 36.4 Å². The average Bonchev–Trinajstić information content (AvgIpc) is 2.32. The maximum atomic E-state index is 13.3. The summed E-state index contributed by atoms with van der Waals surface area (Å²) in [6.07, 6.45) is 0. The average molecular weight is 269 g/mol. The molecule has 18 heavy (non-hydrogen) atoms. The fourth-order valence-corrected chi connectivity index (χ4v) is 1.73. The lowest BCUT2D eigenvalue weighted by Gasteiger charge is -2.10. The largest absolute Gasteiger partial charge is 0.397 e. The number of hydrogen-bond donors (Lipinski definition) is 2. The zero-order valence-corrected chi connectivity index (χ0v) is 10.1. The molecule has 2 nitrogen and oxygen atoms in total. The SMILES string of the molecule is Nc1cc(Cl)c(F)cc1NCc1cccc(F)c1. The van der Waals surface area contributed by atoms with Gasteiger partial charge in [-0.25, -0.2) is 8.78 Å². The molecule has 0 aliphatic carbocycles. The highest BCUT2D eigenvalue weighted by Crippen LogP contribution is 2.26. The number of benzene rings is 2. The predicted molar refractivity (Wildman–Crippen MR) is 69.5 cm³/mol. The molecule has 0 fully saturated rings. The second-order valence-electron chi connectivity index (χ2n) is 3.84. The first-order valence-corrected chi connectivity index (χ1v) is 5.67. The Bertz CT molecular complexity index is 573. The van der Waals surface area contributed by atoms with Crippen molar-refractivity contribution in [3.05, 3.63) is 58.6 Å². The third-order valence-electron chi connectivity index (χ3n) is 2.46. The van der Waals surface area contributed by atoms with E-state index in [1.165, 1.54) is 24.3 Å². The smallest absolute Gasteiger partial charge is 0.143 e. The van der Waals surface area contributed by atoms with Crippen LogP contribution in [0.2, 0.25) is 5.02 Å². The lowest BCUT2D eigenvalue weighted by Crippen LogP contribution is -2.03. The molecule has 0 amide bonds. The number of nitrogens with one attached hydrogen (secondary N) is 1. The molecule has 0 aliphatic rings. The molecule has 2 aromatic carbocycles. The molecule has 0 aromatic heterocycles. The lowest BCUT2D eigenvalue weighted by atomic mass is 10.2. The van der Waals surface area contributed by atoms with Gasteiger partial charge in [-0.2, -0.15) is 0 Å². The molecule has 0 bridgehead atoms. The minimum atomic E-state index is -0.549. The van der Waals surface area contributed by atoms with Gasteiger partial charge in [-0.3, -0.25) is 0 Å². The van der Waals surface area contributed by atoms with Crippen molar-refractivity contribution in [2.24, 2.45) is 0 Å². The van der Waals surface area contributed by atoms with Crippen molar-refractivity contribution in [3.63, 3.8) is 0 Å². The molecule has 2 rings (SSSR count). The van der Waals surface area contributed by atoms with Crippen LogP contribution in [-0.2, 0) is 6.54 Å². The van der Waals surface area contributed by atoms with Crippen LogP contribution in [-0.4, -0.2) is 0 Å². The molecule has 0 heterocycles. The van der Waals surface area contributed by atoms with Crippen LogP contribution in [0.4, 0.5) is 20.2 Å². The van der Waals surface area contributed by atoms with Gasteiger partial charge in [0.1, 0.15) is 11.6 Å². The number of rotatable bonds is 3. The molecular weight excluding hydrogens is 258 g/mol. The predicted octanol–water partition coefficient (Wildman–Crippen LogP) is 3.81. The Labute approximate surface area is 108 Å². The number of hydrogen-bond acceptors (Lipinski definition) is 2. The third-order valence-corrected chi connectivity index (χ3v) is 2.75. The molecular formula is C13H11ClF2N2. The van der Waals surface area contributed by atoms with Crippen LogP contribution < -0.4 is 11.1 Å². The molecule has 0 atom stereocenters. The van der Waals surface area contributed by atoms with Gasteiger partial charge in [0, 0.05) is 12.6 Å². The summed E-state index contributed by atoms with van der Waals surface area (Å²) in [5.41, 5.74) is 7.21. The van der Waals surface area contributed by atoms with Gasteiger partial charge in [0.15, 0.2) is 0 Å². The van der Waals surface area contributed by atoms with E-state index < -0.39 is 5.82 Å². The molecule has 0 spiro atoms. The topological polar surface area (TPSA) is 38.0 Å². The molecule has 0 saturated carbocycles. The Kier molecular flexibility index (Phi) is 3.67. The summed E-state index contributed by atoms with van der Waals surface area (Å²) in [4.78, 5) is 0. The highest BCUT2D eigenvalue weighted by molar-refractivity contribution is 6.31. The Morgan fingerprint density at radius 2 is 1.94 bits per heavy atom. The molecule has 2 aromatic rings. The van der Waals surface area contributed by atoms with Gasteiger partial charge in [0.25, 0.3) is 0 Å². The lowest BCUT2D eigenvalue weighted by molar-refractivity contribution is 0.625. The van der Waals surface area contributed by atoms with Gasteiger partial charge >= 0.3 is 0 Å². The van der Waals surface area contributed by atoms with Crippen molar-refractivity contribution in [1.29, 1.82) is 0 Å². The van der Waals surface area contributed by atoms with Gasteiger partial charge < -0.3 is 11.1 Å². The van der Waals surface area contributed by atoms with Gasteiger partial charge in [-0.05, 0) is 23.8 Å². The monoisotopic (exact) mass is 268 g/mol. The van der Waals surface area contributed by atoms with E-state index in [0.29, 0.717) is 17.9 Å². The first-order valence-electron chi connectivity index (χ1n) is 5.29. The summed E-state index contributed by atoms with van der Waals surface area (Å²) in [6.45, 7) is 0.350. The summed E-state index contributed by atoms with van der Waals surface area (Å²) in [6, 6.07) is 8.69. The van der Waals surface area contributed by atoms with Crippen molar-refractivity contribution >= 4 is 23.0 Å². The number of anilines is 2. The fourth-order valence-electron chi connectivity index (χ4n) is 1.56. The summed E-state index contributed by atoms with van der Waals surface area (Å²) in [5, 5.41) is 2.91. The number of nitrogens with two attached hydrogens (primary N) is 1. The van der Waals surface area contributed by atoms with Gasteiger partial charge in [-0.1, -0.05) is 23.7 Å². The Balaban J connectivity index is 2.13. The summed E-state index contributed by atoms with van der Waals surface area (Å²) in [7, 11) is 0. The zero-order valence-electron chi connectivity index (χ0n) is 9.38. The first kappa shape index (κ1) is 12.6. The Morgan fingerprint density at radius 1 is 1.17 bits per heavy atom. The molecule has 94 valence electrons. The zero-order chi connectivity index (χ0) is 13.1. The van der Waals surface area contributed by atoms with Crippen molar-refractivity contribution in [1.82, 2.24) is 0 Å². The van der Waals surface area contributed by atoms with Crippen molar-refractivity contribution in [3.8, 4) is 0 Å².